The van der Waals surface area contributed by atoms with Crippen LogP contribution in [0.3, 0.4) is 0 Å². The lowest BCUT2D eigenvalue weighted by Crippen LogP contribution is -2.43. The Hall–Kier alpha value is -2.85. The van der Waals surface area contributed by atoms with Gasteiger partial charge in [-0.2, -0.15) is 0 Å². The number of hydrogen-bond donors (Lipinski definition) is 2. The molecule has 0 saturated heterocycles. The lowest BCUT2D eigenvalue weighted by Gasteiger charge is -2.15. The van der Waals surface area contributed by atoms with Gasteiger partial charge in [0.2, 0.25) is 5.91 Å². The van der Waals surface area contributed by atoms with Crippen LogP contribution in [0.4, 0.5) is 0 Å². The van der Waals surface area contributed by atoms with Crippen molar-refractivity contribution in [3.63, 3.8) is 0 Å². The summed E-state index contributed by atoms with van der Waals surface area (Å²) in [5, 5.41) is 14.6. The lowest BCUT2D eigenvalue weighted by atomic mass is 10.0. The van der Waals surface area contributed by atoms with Crippen LogP contribution < -0.4 is 5.32 Å². The predicted molar refractivity (Wildman–Crippen MR) is 102 cm³/mol. The molecule has 2 N–H and O–H groups in total. The van der Waals surface area contributed by atoms with Crippen molar-refractivity contribution in [2.45, 2.75) is 18.9 Å². The van der Waals surface area contributed by atoms with Gasteiger partial charge in [-0.25, -0.2) is 4.79 Å². The Morgan fingerprint density at radius 1 is 0.962 bits per heavy atom. The molecule has 0 radical (unpaired) electrons. The molecule has 1 atom stereocenters. The average molecular weight is 368 g/mol. The van der Waals surface area contributed by atoms with Crippen LogP contribution in [0.15, 0.2) is 66.7 Å². The first-order valence-corrected chi connectivity index (χ1v) is 8.64. The Labute approximate surface area is 156 Å². The van der Waals surface area contributed by atoms with Crippen LogP contribution in [-0.2, 0) is 22.4 Å². The van der Waals surface area contributed by atoms with Gasteiger partial charge in [0, 0.05) is 11.4 Å². The number of fused-ring (bicyclic) bond motifs is 1. The molecule has 132 valence electrons. The van der Waals surface area contributed by atoms with E-state index in [4.69, 9.17) is 11.6 Å². The maximum absolute atomic E-state index is 12.3. The first-order valence-electron chi connectivity index (χ1n) is 8.26. The fraction of sp³-hybridized carbons (Fsp3) is 0.143. The Balaban J connectivity index is 1.69. The van der Waals surface area contributed by atoms with Crippen molar-refractivity contribution in [3.05, 3.63) is 82.9 Å². The summed E-state index contributed by atoms with van der Waals surface area (Å²) in [5.41, 5.74) is 1.52. The number of carbonyl (C=O) groups is 2. The first-order chi connectivity index (χ1) is 12.5. The third kappa shape index (κ3) is 4.41. The summed E-state index contributed by atoms with van der Waals surface area (Å²) >= 11 is 6.09. The zero-order valence-electron chi connectivity index (χ0n) is 14.0. The highest BCUT2D eigenvalue weighted by atomic mass is 35.5. The number of hydrogen-bond acceptors (Lipinski definition) is 2. The van der Waals surface area contributed by atoms with Gasteiger partial charge in [-0.15, -0.1) is 0 Å². The summed E-state index contributed by atoms with van der Waals surface area (Å²) < 4.78 is 0. The van der Waals surface area contributed by atoms with Crippen molar-refractivity contribution in [2.75, 3.05) is 0 Å². The zero-order chi connectivity index (χ0) is 18.5. The number of nitrogens with one attached hydrogen (secondary N) is 1. The molecule has 4 nitrogen and oxygen atoms in total. The Morgan fingerprint density at radius 2 is 1.65 bits per heavy atom. The van der Waals surface area contributed by atoms with Gasteiger partial charge in [-0.05, 0) is 28.0 Å². The summed E-state index contributed by atoms with van der Waals surface area (Å²) in [7, 11) is 0. The lowest BCUT2D eigenvalue weighted by molar-refractivity contribution is -0.141. The Morgan fingerprint density at radius 3 is 2.38 bits per heavy atom. The van der Waals surface area contributed by atoms with Crippen LogP contribution >= 0.6 is 11.6 Å². The monoisotopic (exact) mass is 367 g/mol. The number of carboxylic acid groups (broad SMARTS) is 1. The molecular formula is C21H18ClNO3. The predicted octanol–water partition coefficient (Wildman–Crippen LogP) is 3.85. The third-order valence-electron chi connectivity index (χ3n) is 4.19. The van der Waals surface area contributed by atoms with Crippen molar-refractivity contribution in [1.29, 1.82) is 0 Å². The van der Waals surface area contributed by atoms with E-state index in [1.807, 2.05) is 42.5 Å². The number of aliphatic carboxylic acids is 1. The SMILES string of the molecule is O=C(Cc1ccc2ccccc2c1)N[C@H](Cc1ccccc1Cl)C(=O)O. The molecule has 0 aromatic heterocycles. The van der Waals surface area contributed by atoms with Crippen LogP contribution in [0.1, 0.15) is 11.1 Å². The van der Waals surface area contributed by atoms with E-state index in [1.54, 1.807) is 24.3 Å². The minimum Gasteiger partial charge on any atom is -0.480 e. The van der Waals surface area contributed by atoms with E-state index >= 15 is 0 Å². The number of carbonyl (C=O) groups excluding carboxylic acids is 1. The molecule has 1 amide bonds. The van der Waals surface area contributed by atoms with E-state index in [-0.39, 0.29) is 18.7 Å². The second-order valence-electron chi connectivity index (χ2n) is 6.11. The minimum atomic E-state index is -1.09. The van der Waals surface area contributed by atoms with Crippen LogP contribution in [0.2, 0.25) is 5.02 Å². The smallest absolute Gasteiger partial charge is 0.326 e. The summed E-state index contributed by atoms with van der Waals surface area (Å²) in [4.78, 5) is 23.9. The van der Waals surface area contributed by atoms with Crippen molar-refractivity contribution in [1.82, 2.24) is 5.32 Å². The average Bonchev–Trinajstić information content (AvgIpc) is 2.62. The van der Waals surface area contributed by atoms with E-state index in [2.05, 4.69) is 5.32 Å². The number of carboxylic acids is 1. The summed E-state index contributed by atoms with van der Waals surface area (Å²) in [6.45, 7) is 0. The Kier molecular flexibility index (Phi) is 5.54. The van der Waals surface area contributed by atoms with Gasteiger partial charge in [-0.3, -0.25) is 4.79 Å². The van der Waals surface area contributed by atoms with Gasteiger partial charge in [-0.1, -0.05) is 72.3 Å². The first kappa shape index (κ1) is 18.0. The van der Waals surface area contributed by atoms with Crippen LogP contribution in [0.25, 0.3) is 10.8 Å². The molecule has 3 rings (SSSR count). The molecule has 0 fully saturated rings. The molecular weight excluding hydrogens is 350 g/mol. The van der Waals surface area contributed by atoms with Crippen molar-refractivity contribution < 1.29 is 14.7 Å². The fourth-order valence-corrected chi connectivity index (χ4v) is 3.08. The molecule has 26 heavy (non-hydrogen) atoms. The maximum atomic E-state index is 12.3. The van der Waals surface area contributed by atoms with E-state index < -0.39 is 12.0 Å². The van der Waals surface area contributed by atoms with Crippen molar-refractivity contribution >= 4 is 34.2 Å². The normalized spacial score (nSPS) is 11.9. The number of halogens is 1. The van der Waals surface area contributed by atoms with Gasteiger partial charge >= 0.3 is 5.97 Å². The van der Waals surface area contributed by atoms with Crippen LogP contribution in [-0.4, -0.2) is 23.0 Å². The van der Waals surface area contributed by atoms with Gasteiger partial charge in [0.05, 0.1) is 6.42 Å². The van der Waals surface area contributed by atoms with E-state index in [0.29, 0.717) is 10.6 Å². The minimum absolute atomic E-state index is 0.122. The highest BCUT2D eigenvalue weighted by Gasteiger charge is 2.21. The summed E-state index contributed by atoms with van der Waals surface area (Å²) in [5.74, 6) is -1.42. The molecule has 0 spiro atoms. The summed E-state index contributed by atoms with van der Waals surface area (Å²) in [6, 6.07) is 19.7. The second-order valence-corrected chi connectivity index (χ2v) is 6.52. The molecule has 0 unspecified atom stereocenters. The molecule has 0 saturated carbocycles. The highest BCUT2D eigenvalue weighted by Crippen LogP contribution is 2.18. The fourth-order valence-electron chi connectivity index (χ4n) is 2.86. The summed E-state index contributed by atoms with van der Waals surface area (Å²) in [6.07, 6.45) is 0.260. The Bertz CT molecular complexity index is 955. The van der Waals surface area contributed by atoms with Gasteiger partial charge in [0.25, 0.3) is 0 Å². The molecule has 0 aliphatic carbocycles. The number of benzene rings is 3. The quantitative estimate of drug-likeness (QED) is 0.695. The molecule has 0 bridgehead atoms. The molecule has 5 heteroatoms. The van der Waals surface area contributed by atoms with Crippen LogP contribution in [0.5, 0.6) is 0 Å². The highest BCUT2D eigenvalue weighted by molar-refractivity contribution is 6.31. The zero-order valence-corrected chi connectivity index (χ0v) is 14.7. The van der Waals surface area contributed by atoms with E-state index in [0.717, 1.165) is 16.3 Å². The van der Waals surface area contributed by atoms with Crippen molar-refractivity contribution in [2.24, 2.45) is 0 Å². The molecule has 3 aromatic carbocycles. The van der Waals surface area contributed by atoms with E-state index in [9.17, 15) is 14.7 Å². The van der Waals surface area contributed by atoms with Gasteiger partial charge in [0.1, 0.15) is 6.04 Å². The second kappa shape index (κ2) is 8.02. The third-order valence-corrected chi connectivity index (χ3v) is 4.56. The topological polar surface area (TPSA) is 66.4 Å². The van der Waals surface area contributed by atoms with E-state index in [1.165, 1.54) is 0 Å². The van der Waals surface area contributed by atoms with Gasteiger partial charge in [0.15, 0.2) is 0 Å². The molecule has 0 heterocycles. The maximum Gasteiger partial charge on any atom is 0.326 e. The van der Waals surface area contributed by atoms with Crippen LogP contribution in [0, 0.1) is 0 Å². The standard InChI is InChI=1S/C21H18ClNO3/c22-18-8-4-3-7-17(18)13-19(21(25)26)23-20(24)12-14-9-10-15-5-1-2-6-16(15)11-14/h1-11,19H,12-13H2,(H,23,24)(H,25,26)/t19-/m1/s1. The number of rotatable bonds is 6. The molecule has 0 aliphatic rings. The van der Waals surface area contributed by atoms with Crippen molar-refractivity contribution in [3.8, 4) is 0 Å². The molecule has 3 aromatic rings. The van der Waals surface area contributed by atoms with Gasteiger partial charge < -0.3 is 10.4 Å². The molecule has 0 aliphatic heterocycles. The number of amides is 1. The largest absolute Gasteiger partial charge is 0.480 e.